The van der Waals surface area contributed by atoms with Gasteiger partial charge in [0.1, 0.15) is 0 Å². The van der Waals surface area contributed by atoms with Gasteiger partial charge in [-0.1, -0.05) is 0 Å². The first kappa shape index (κ1) is 13.9. The van der Waals surface area contributed by atoms with E-state index in [1.165, 1.54) is 0 Å². The highest BCUT2D eigenvalue weighted by molar-refractivity contribution is 5.81. The highest BCUT2D eigenvalue weighted by atomic mass is 15.2. The Morgan fingerprint density at radius 2 is 1.32 bits per heavy atom. The van der Waals surface area contributed by atoms with Crippen LogP contribution in [0, 0.1) is 0 Å². The predicted octanol–water partition coefficient (Wildman–Crippen LogP) is -1.55. The lowest BCUT2D eigenvalue weighted by Crippen LogP contribution is -2.36. The minimum Gasteiger partial charge on any atom is -0.356 e. The predicted molar refractivity (Wildman–Crippen MR) is 78.7 cm³/mol. The molecular formula is C12H25N7. The molecule has 19 heavy (non-hydrogen) atoms. The van der Waals surface area contributed by atoms with Crippen molar-refractivity contribution in [1.29, 1.82) is 0 Å². The van der Waals surface area contributed by atoms with E-state index in [1.807, 2.05) is 0 Å². The summed E-state index contributed by atoms with van der Waals surface area (Å²) in [7, 11) is 0. The van der Waals surface area contributed by atoms with Crippen LogP contribution < -0.4 is 26.6 Å². The smallest absolute Gasteiger partial charge is 0.191 e. The van der Waals surface area contributed by atoms with Crippen LogP contribution in [0.25, 0.3) is 0 Å². The minimum atomic E-state index is 0.897. The van der Waals surface area contributed by atoms with Crippen molar-refractivity contribution in [3.8, 4) is 0 Å². The van der Waals surface area contributed by atoms with Gasteiger partial charge in [-0.3, -0.25) is 9.98 Å². The molecule has 7 nitrogen and oxygen atoms in total. The summed E-state index contributed by atoms with van der Waals surface area (Å²) in [5.41, 5.74) is 0. The zero-order valence-corrected chi connectivity index (χ0v) is 11.5. The maximum atomic E-state index is 4.28. The summed E-state index contributed by atoms with van der Waals surface area (Å²) in [6, 6.07) is 0. The summed E-state index contributed by atoms with van der Waals surface area (Å²) in [4.78, 5) is 8.56. The van der Waals surface area contributed by atoms with E-state index in [4.69, 9.17) is 0 Å². The molecule has 0 unspecified atom stereocenters. The number of nitrogens with one attached hydrogen (secondary N) is 5. The fraction of sp³-hybridized carbons (Fsp3) is 0.833. The number of hydrogen-bond donors (Lipinski definition) is 5. The van der Waals surface area contributed by atoms with Gasteiger partial charge in [0.25, 0.3) is 0 Å². The Labute approximate surface area is 114 Å². The Balaban J connectivity index is 1.32. The Kier molecular flexibility index (Phi) is 6.28. The minimum absolute atomic E-state index is 0.897. The Hall–Kier alpha value is -1.50. The van der Waals surface area contributed by atoms with E-state index in [2.05, 4.69) is 36.6 Å². The molecule has 0 atom stereocenters. The third-order valence-corrected chi connectivity index (χ3v) is 2.99. The van der Waals surface area contributed by atoms with Gasteiger partial charge in [0.05, 0.1) is 13.1 Å². The molecule has 0 aliphatic carbocycles. The molecule has 108 valence electrons. The standard InChI is InChI=1S/C12H25N7/c1(5-14-11-16-7-8-17-11)3-13-4-2-6-15-12-18-9-10-19-12/h13H,1-10H2,(H2,14,16,17)(H2,15,18,19). The summed E-state index contributed by atoms with van der Waals surface area (Å²) in [5, 5.41) is 16.4. The zero-order chi connectivity index (χ0) is 13.2. The SMILES string of the molecule is C(CNCCCNC1=NCCN1)CNC1=NCCN1. The highest BCUT2D eigenvalue weighted by Crippen LogP contribution is 1.83. The molecule has 2 heterocycles. The molecule has 0 bridgehead atoms. The van der Waals surface area contributed by atoms with Gasteiger partial charge in [0.15, 0.2) is 11.9 Å². The first-order valence-electron chi connectivity index (χ1n) is 7.20. The Morgan fingerprint density at radius 3 is 1.74 bits per heavy atom. The number of hydrogen-bond acceptors (Lipinski definition) is 7. The van der Waals surface area contributed by atoms with Crippen molar-refractivity contribution in [2.75, 3.05) is 52.4 Å². The topological polar surface area (TPSA) is 84.9 Å². The van der Waals surface area contributed by atoms with E-state index >= 15 is 0 Å². The highest BCUT2D eigenvalue weighted by Gasteiger charge is 2.03. The summed E-state index contributed by atoms with van der Waals surface area (Å²) in [6.07, 6.45) is 2.23. The molecular weight excluding hydrogens is 242 g/mol. The number of rotatable bonds is 8. The average Bonchev–Trinajstić information content (AvgIpc) is 3.10. The second-order valence-electron chi connectivity index (χ2n) is 4.62. The van der Waals surface area contributed by atoms with Crippen LogP contribution in [0.3, 0.4) is 0 Å². The van der Waals surface area contributed by atoms with Crippen molar-refractivity contribution in [1.82, 2.24) is 26.6 Å². The third kappa shape index (κ3) is 5.78. The first-order chi connectivity index (χ1) is 9.45. The quantitative estimate of drug-likeness (QED) is 0.344. The molecule has 0 spiro atoms. The molecule has 2 aliphatic rings. The second kappa shape index (κ2) is 8.58. The molecule has 2 aliphatic heterocycles. The summed E-state index contributed by atoms with van der Waals surface area (Å²) >= 11 is 0. The second-order valence-corrected chi connectivity index (χ2v) is 4.62. The molecule has 0 aromatic carbocycles. The maximum Gasteiger partial charge on any atom is 0.191 e. The lowest BCUT2D eigenvalue weighted by atomic mass is 10.4. The average molecular weight is 267 g/mol. The van der Waals surface area contributed by atoms with Crippen molar-refractivity contribution < 1.29 is 0 Å². The summed E-state index contributed by atoms with van der Waals surface area (Å²) in [6.45, 7) is 7.75. The van der Waals surface area contributed by atoms with Crippen LogP contribution in [0.1, 0.15) is 12.8 Å². The van der Waals surface area contributed by atoms with E-state index in [-0.39, 0.29) is 0 Å². The van der Waals surface area contributed by atoms with Crippen molar-refractivity contribution in [3.63, 3.8) is 0 Å². The summed E-state index contributed by atoms with van der Waals surface area (Å²) < 4.78 is 0. The number of guanidine groups is 2. The van der Waals surface area contributed by atoms with E-state index in [1.54, 1.807) is 0 Å². The van der Waals surface area contributed by atoms with Gasteiger partial charge in [-0.05, 0) is 25.9 Å². The van der Waals surface area contributed by atoms with Crippen LogP contribution in [0.15, 0.2) is 9.98 Å². The van der Waals surface area contributed by atoms with Crippen molar-refractivity contribution >= 4 is 11.9 Å². The lowest BCUT2D eigenvalue weighted by Gasteiger charge is -2.08. The fourth-order valence-electron chi connectivity index (χ4n) is 2.00. The summed E-state index contributed by atoms with van der Waals surface area (Å²) in [5.74, 6) is 1.91. The van der Waals surface area contributed by atoms with Crippen LogP contribution in [0.4, 0.5) is 0 Å². The molecule has 0 fully saturated rings. The van der Waals surface area contributed by atoms with E-state index in [9.17, 15) is 0 Å². The monoisotopic (exact) mass is 267 g/mol. The maximum absolute atomic E-state index is 4.28. The zero-order valence-electron chi connectivity index (χ0n) is 11.5. The van der Waals surface area contributed by atoms with E-state index in [0.717, 1.165) is 77.1 Å². The van der Waals surface area contributed by atoms with Crippen molar-refractivity contribution in [2.24, 2.45) is 9.98 Å². The van der Waals surface area contributed by atoms with Gasteiger partial charge >= 0.3 is 0 Å². The van der Waals surface area contributed by atoms with Gasteiger partial charge in [0.2, 0.25) is 0 Å². The molecule has 0 aromatic rings. The molecule has 7 heteroatoms. The molecule has 5 N–H and O–H groups in total. The van der Waals surface area contributed by atoms with Crippen LogP contribution in [-0.4, -0.2) is 64.3 Å². The molecule has 0 radical (unpaired) electrons. The van der Waals surface area contributed by atoms with Gasteiger partial charge < -0.3 is 26.6 Å². The molecule has 2 rings (SSSR count). The number of nitrogens with zero attached hydrogens (tertiary/aromatic N) is 2. The molecule has 0 aromatic heterocycles. The fourth-order valence-corrected chi connectivity index (χ4v) is 2.00. The van der Waals surface area contributed by atoms with Crippen LogP contribution in [-0.2, 0) is 0 Å². The Morgan fingerprint density at radius 1 is 0.789 bits per heavy atom. The van der Waals surface area contributed by atoms with Crippen LogP contribution in [0.2, 0.25) is 0 Å². The van der Waals surface area contributed by atoms with E-state index in [0.29, 0.717) is 0 Å². The molecule has 0 saturated carbocycles. The van der Waals surface area contributed by atoms with Gasteiger partial charge in [-0.25, -0.2) is 0 Å². The van der Waals surface area contributed by atoms with E-state index < -0.39 is 0 Å². The largest absolute Gasteiger partial charge is 0.356 e. The van der Waals surface area contributed by atoms with Gasteiger partial charge in [0, 0.05) is 26.2 Å². The lowest BCUT2D eigenvalue weighted by molar-refractivity contribution is 0.609. The van der Waals surface area contributed by atoms with Crippen molar-refractivity contribution in [3.05, 3.63) is 0 Å². The van der Waals surface area contributed by atoms with Gasteiger partial charge in [-0.15, -0.1) is 0 Å². The molecule has 0 amide bonds. The van der Waals surface area contributed by atoms with Crippen molar-refractivity contribution in [2.45, 2.75) is 12.8 Å². The van der Waals surface area contributed by atoms with Crippen LogP contribution >= 0.6 is 0 Å². The normalized spacial score (nSPS) is 17.5. The Bertz CT molecular complexity index is 283. The third-order valence-electron chi connectivity index (χ3n) is 2.99. The van der Waals surface area contributed by atoms with Crippen LogP contribution in [0.5, 0.6) is 0 Å². The molecule has 0 saturated heterocycles. The van der Waals surface area contributed by atoms with Gasteiger partial charge in [-0.2, -0.15) is 0 Å². The number of aliphatic imine (C=N–C) groups is 2. The first-order valence-corrected chi connectivity index (χ1v) is 7.20.